The van der Waals surface area contributed by atoms with Crippen LogP contribution >= 0.6 is 15.9 Å². The monoisotopic (exact) mass is 333 g/mol. The summed E-state index contributed by atoms with van der Waals surface area (Å²) < 4.78 is 31.0. The number of aryl methyl sites for hydroxylation is 1. The Morgan fingerprint density at radius 1 is 1.44 bits per heavy atom. The molecule has 1 aliphatic rings. The van der Waals surface area contributed by atoms with Crippen molar-refractivity contribution in [1.29, 1.82) is 0 Å². The van der Waals surface area contributed by atoms with Gasteiger partial charge in [0.15, 0.2) is 0 Å². The van der Waals surface area contributed by atoms with Crippen molar-refractivity contribution in [3.8, 4) is 0 Å². The van der Waals surface area contributed by atoms with Gasteiger partial charge in [-0.2, -0.15) is 8.42 Å². The van der Waals surface area contributed by atoms with E-state index in [4.69, 9.17) is 4.55 Å². The average Bonchev–Trinajstić information content (AvgIpc) is 2.27. The van der Waals surface area contributed by atoms with Crippen LogP contribution in [0.5, 0.6) is 0 Å². The smallest absolute Gasteiger partial charge is 0.264 e. The molecule has 0 saturated carbocycles. The van der Waals surface area contributed by atoms with Crippen molar-refractivity contribution in [1.82, 2.24) is 0 Å². The Hall–Kier alpha value is -0.590. The Balaban J connectivity index is 1.90. The number of rotatable bonds is 4. The molecule has 2 N–H and O–H groups in total. The van der Waals surface area contributed by atoms with Crippen molar-refractivity contribution in [3.63, 3.8) is 0 Å². The molecule has 0 spiro atoms. The third-order valence-corrected chi connectivity index (χ3v) is 4.44. The molecule has 0 saturated heterocycles. The van der Waals surface area contributed by atoms with E-state index in [-0.39, 0.29) is 5.75 Å². The van der Waals surface area contributed by atoms with Crippen LogP contribution in [0.1, 0.15) is 24.8 Å². The lowest BCUT2D eigenvalue weighted by atomic mass is 9.96. The second-order valence-corrected chi connectivity index (χ2v) is 7.10. The maximum Gasteiger partial charge on any atom is 0.264 e. The third-order valence-electron chi connectivity index (χ3n) is 3.14. The molecule has 0 aliphatic carbocycles. The van der Waals surface area contributed by atoms with Crippen molar-refractivity contribution in [3.05, 3.63) is 28.2 Å². The number of hydrogen-bond acceptors (Lipinski definition) is 3. The summed E-state index contributed by atoms with van der Waals surface area (Å²) in [7, 11) is -3.83. The topological polar surface area (TPSA) is 66.4 Å². The van der Waals surface area contributed by atoms with Gasteiger partial charge in [0.1, 0.15) is 0 Å². The Kier molecular flexibility index (Phi) is 4.29. The zero-order chi connectivity index (χ0) is 13.2. The minimum atomic E-state index is -3.83. The molecule has 0 bridgehead atoms. The summed E-state index contributed by atoms with van der Waals surface area (Å²) in [6.45, 7) is 0. The zero-order valence-electron chi connectivity index (χ0n) is 9.89. The van der Waals surface area contributed by atoms with E-state index in [9.17, 15) is 8.42 Å². The molecule has 1 aromatic carbocycles. The van der Waals surface area contributed by atoms with Crippen LogP contribution in [0.2, 0.25) is 0 Å². The lowest BCUT2D eigenvalue weighted by Crippen LogP contribution is -2.26. The summed E-state index contributed by atoms with van der Waals surface area (Å²) >= 11 is 3.45. The average molecular weight is 334 g/mol. The number of fused-ring (bicyclic) bond motifs is 1. The van der Waals surface area contributed by atoms with E-state index in [1.54, 1.807) is 0 Å². The third kappa shape index (κ3) is 3.96. The minimum absolute atomic E-state index is 0.154. The van der Waals surface area contributed by atoms with Crippen LogP contribution in [0.25, 0.3) is 0 Å². The van der Waals surface area contributed by atoms with Gasteiger partial charge >= 0.3 is 0 Å². The Labute approximate surface area is 116 Å². The second-order valence-electron chi connectivity index (χ2n) is 4.61. The molecule has 1 aromatic rings. The van der Waals surface area contributed by atoms with E-state index in [0.29, 0.717) is 12.5 Å². The van der Waals surface area contributed by atoms with E-state index in [2.05, 4.69) is 27.3 Å². The molecular formula is C12H16BrNO3S. The van der Waals surface area contributed by atoms with E-state index < -0.39 is 10.1 Å². The molecule has 2 rings (SSSR count). The number of benzene rings is 1. The molecule has 6 heteroatoms. The Morgan fingerprint density at radius 3 is 2.94 bits per heavy atom. The number of hydrogen-bond donors (Lipinski definition) is 2. The van der Waals surface area contributed by atoms with Crippen molar-refractivity contribution in [2.45, 2.75) is 31.7 Å². The van der Waals surface area contributed by atoms with Crippen LogP contribution < -0.4 is 5.32 Å². The molecule has 1 heterocycles. The number of nitrogens with one attached hydrogen (secondary N) is 1. The molecule has 0 radical (unpaired) electrons. The zero-order valence-corrected chi connectivity index (χ0v) is 12.3. The molecule has 1 unspecified atom stereocenters. The van der Waals surface area contributed by atoms with Gasteiger partial charge < -0.3 is 5.32 Å². The van der Waals surface area contributed by atoms with Gasteiger partial charge in [0.05, 0.1) is 5.75 Å². The SMILES string of the molecule is O=S(=O)(O)CCCC1CCc2cc(Br)ccc2N1. The molecule has 0 amide bonds. The summed E-state index contributed by atoms with van der Waals surface area (Å²) in [6, 6.07) is 6.43. The first kappa shape index (κ1) is 13.8. The van der Waals surface area contributed by atoms with Gasteiger partial charge in [-0.25, -0.2) is 0 Å². The van der Waals surface area contributed by atoms with E-state index >= 15 is 0 Å². The van der Waals surface area contributed by atoms with Crippen LogP contribution in [0, 0.1) is 0 Å². The lowest BCUT2D eigenvalue weighted by molar-refractivity contribution is 0.477. The summed E-state index contributed by atoms with van der Waals surface area (Å²) in [6.07, 6.45) is 3.24. The van der Waals surface area contributed by atoms with Crippen LogP contribution in [0.3, 0.4) is 0 Å². The maximum atomic E-state index is 10.6. The molecule has 100 valence electrons. The highest BCUT2D eigenvalue weighted by atomic mass is 79.9. The summed E-state index contributed by atoms with van der Waals surface area (Å²) in [5, 5.41) is 3.41. The van der Waals surface area contributed by atoms with Crippen molar-refractivity contribution >= 4 is 31.7 Å². The second kappa shape index (κ2) is 5.59. The van der Waals surface area contributed by atoms with Gasteiger partial charge in [-0.05, 0) is 49.4 Å². The van der Waals surface area contributed by atoms with Gasteiger partial charge in [0.2, 0.25) is 0 Å². The van der Waals surface area contributed by atoms with E-state index in [1.807, 2.05) is 12.1 Å². The largest absolute Gasteiger partial charge is 0.382 e. The first-order valence-corrected chi connectivity index (χ1v) is 8.34. The predicted octanol–water partition coefficient (Wildman–Crippen LogP) is 2.84. The van der Waals surface area contributed by atoms with Crippen LogP contribution in [0.4, 0.5) is 5.69 Å². The number of anilines is 1. The molecule has 1 atom stereocenters. The van der Waals surface area contributed by atoms with Gasteiger partial charge in [-0.1, -0.05) is 15.9 Å². The highest BCUT2D eigenvalue weighted by Gasteiger charge is 2.18. The quantitative estimate of drug-likeness (QED) is 0.831. The fourth-order valence-electron chi connectivity index (χ4n) is 2.26. The summed E-state index contributed by atoms with van der Waals surface area (Å²) in [4.78, 5) is 0. The van der Waals surface area contributed by atoms with Gasteiger partial charge in [-0.15, -0.1) is 0 Å². The first-order valence-electron chi connectivity index (χ1n) is 5.94. The van der Waals surface area contributed by atoms with Crippen LogP contribution in [0.15, 0.2) is 22.7 Å². The maximum absolute atomic E-state index is 10.6. The molecular weight excluding hydrogens is 318 g/mol. The Morgan fingerprint density at radius 2 is 2.22 bits per heavy atom. The highest BCUT2D eigenvalue weighted by molar-refractivity contribution is 9.10. The van der Waals surface area contributed by atoms with Gasteiger partial charge in [0.25, 0.3) is 10.1 Å². The molecule has 0 aromatic heterocycles. The van der Waals surface area contributed by atoms with Gasteiger partial charge in [0, 0.05) is 16.2 Å². The van der Waals surface area contributed by atoms with E-state index in [0.717, 1.165) is 29.4 Å². The Bertz CT molecular complexity index is 530. The fraction of sp³-hybridized carbons (Fsp3) is 0.500. The molecule has 4 nitrogen and oxygen atoms in total. The molecule has 18 heavy (non-hydrogen) atoms. The number of halogens is 1. The van der Waals surface area contributed by atoms with Crippen LogP contribution in [-0.4, -0.2) is 24.8 Å². The van der Waals surface area contributed by atoms with Crippen molar-refractivity contribution < 1.29 is 13.0 Å². The van der Waals surface area contributed by atoms with Crippen LogP contribution in [-0.2, 0) is 16.5 Å². The molecule has 1 aliphatic heterocycles. The van der Waals surface area contributed by atoms with Gasteiger partial charge in [-0.3, -0.25) is 4.55 Å². The first-order chi connectivity index (χ1) is 8.44. The van der Waals surface area contributed by atoms with Crippen molar-refractivity contribution in [2.75, 3.05) is 11.1 Å². The minimum Gasteiger partial charge on any atom is -0.382 e. The highest BCUT2D eigenvalue weighted by Crippen LogP contribution is 2.28. The molecule has 0 fully saturated rings. The normalized spacial score (nSPS) is 19.1. The summed E-state index contributed by atoms with van der Waals surface area (Å²) in [5.74, 6) is -0.154. The summed E-state index contributed by atoms with van der Waals surface area (Å²) in [5.41, 5.74) is 2.41. The lowest BCUT2D eigenvalue weighted by Gasteiger charge is -2.27. The van der Waals surface area contributed by atoms with Crippen molar-refractivity contribution in [2.24, 2.45) is 0 Å². The predicted molar refractivity (Wildman–Crippen MR) is 75.5 cm³/mol. The fourth-order valence-corrected chi connectivity index (χ4v) is 3.20. The standard InChI is InChI=1S/C12H16BrNO3S/c13-10-4-6-12-9(8-10)3-5-11(14-12)2-1-7-18(15,16)17/h4,6,8,11,14H,1-3,5,7H2,(H,15,16,17). The van der Waals surface area contributed by atoms with E-state index in [1.165, 1.54) is 5.56 Å².